The molecule has 5 nitrogen and oxygen atoms in total. The minimum Gasteiger partial charge on any atom is -0.345 e. The molecule has 3 aromatic rings. The molecule has 90 valence electrons. The van der Waals surface area contributed by atoms with E-state index in [-0.39, 0.29) is 0 Å². The summed E-state index contributed by atoms with van der Waals surface area (Å²) in [7, 11) is 0. The number of aromatic amines is 1. The second-order valence-corrected chi connectivity index (χ2v) is 4.33. The molecule has 0 unspecified atom stereocenters. The number of thioether (sulfide) groups is 1. The third-order valence-electron chi connectivity index (χ3n) is 2.50. The van der Waals surface area contributed by atoms with Gasteiger partial charge in [0.2, 0.25) is 0 Å². The number of hydrogen-bond donors (Lipinski definition) is 1. The molecule has 0 radical (unpaired) electrons. The maximum atomic E-state index is 13.3. The van der Waals surface area contributed by atoms with Crippen molar-refractivity contribution in [3.63, 3.8) is 0 Å². The summed E-state index contributed by atoms with van der Waals surface area (Å²) in [5.74, 6) is 0.0455. The van der Waals surface area contributed by atoms with Crippen molar-refractivity contribution in [1.29, 1.82) is 0 Å². The van der Waals surface area contributed by atoms with Crippen LogP contribution in [-0.2, 0) is 0 Å². The fourth-order valence-corrected chi connectivity index (χ4v) is 2.09. The van der Waals surface area contributed by atoms with Gasteiger partial charge in [-0.05, 0) is 6.26 Å². The van der Waals surface area contributed by atoms with Crippen LogP contribution in [0, 0.1) is 5.82 Å². The topological polar surface area (TPSA) is 67.3 Å². The first-order chi connectivity index (χ1) is 8.79. The Morgan fingerprint density at radius 1 is 1.28 bits per heavy atom. The molecule has 0 bridgehead atoms. The predicted octanol–water partition coefficient (Wildman–Crippen LogP) is 2.28. The number of fused-ring (bicyclic) bond motifs is 1. The maximum absolute atomic E-state index is 13.3. The van der Waals surface area contributed by atoms with Crippen LogP contribution in [0.15, 0.2) is 29.9 Å². The van der Waals surface area contributed by atoms with Gasteiger partial charge in [-0.3, -0.25) is 0 Å². The van der Waals surface area contributed by atoms with Crippen LogP contribution >= 0.6 is 11.8 Å². The highest BCUT2D eigenvalue weighted by molar-refractivity contribution is 7.98. The van der Waals surface area contributed by atoms with Crippen LogP contribution in [0.4, 0.5) is 4.39 Å². The van der Waals surface area contributed by atoms with E-state index >= 15 is 0 Å². The summed E-state index contributed by atoms with van der Waals surface area (Å²) >= 11 is 1.24. The number of H-pyrrole nitrogens is 1. The molecule has 0 saturated heterocycles. The van der Waals surface area contributed by atoms with Crippen molar-refractivity contribution in [3.05, 3.63) is 30.7 Å². The van der Waals surface area contributed by atoms with Gasteiger partial charge in [0.25, 0.3) is 0 Å². The summed E-state index contributed by atoms with van der Waals surface area (Å²) in [4.78, 5) is 19.2. The first-order valence-corrected chi connectivity index (χ1v) is 6.36. The Kier molecular flexibility index (Phi) is 2.67. The lowest BCUT2D eigenvalue weighted by molar-refractivity contribution is 0.580. The van der Waals surface area contributed by atoms with Gasteiger partial charge >= 0.3 is 0 Å². The van der Waals surface area contributed by atoms with E-state index in [0.29, 0.717) is 16.5 Å². The lowest BCUT2D eigenvalue weighted by Crippen LogP contribution is -1.93. The van der Waals surface area contributed by atoms with Gasteiger partial charge in [0, 0.05) is 23.3 Å². The number of aromatic nitrogens is 5. The third kappa shape index (κ3) is 1.72. The smallest absolute Gasteiger partial charge is 0.173 e. The van der Waals surface area contributed by atoms with Gasteiger partial charge < -0.3 is 4.98 Å². The Morgan fingerprint density at radius 3 is 3.00 bits per heavy atom. The molecule has 1 N–H and O–H groups in total. The average Bonchev–Trinajstić information content (AvgIpc) is 2.83. The molecular weight excluding hydrogens is 253 g/mol. The number of nitrogens with one attached hydrogen (secondary N) is 1. The molecule has 0 atom stereocenters. The Balaban J connectivity index is 2.20. The van der Waals surface area contributed by atoms with Crippen LogP contribution in [0.3, 0.4) is 0 Å². The molecular formula is C11H8FN5S. The Hall–Kier alpha value is -2.02. The van der Waals surface area contributed by atoms with E-state index in [2.05, 4.69) is 24.9 Å². The molecule has 0 aliphatic heterocycles. The number of halogens is 1. The van der Waals surface area contributed by atoms with E-state index in [4.69, 9.17) is 0 Å². The standard InChI is InChI=1S/C11H8FN5S/c1-18-11-8(12)4-15-10(17-11)7-3-14-9-6(7)2-13-5-16-9/h2-5H,1H3,(H,13,14,16). The molecule has 18 heavy (non-hydrogen) atoms. The van der Waals surface area contributed by atoms with Crippen molar-refractivity contribution in [2.75, 3.05) is 6.26 Å². The molecule has 0 aliphatic carbocycles. The second-order valence-electron chi connectivity index (χ2n) is 3.54. The highest BCUT2D eigenvalue weighted by Crippen LogP contribution is 2.26. The summed E-state index contributed by atoms with van der Waals surface area (Å²) in [5.41, 5.74) is 1.47. The first kappa shape index (κ1) is 11.1. The van der Waals surface area contributed by atoms with Crippen molar-refractivity contribution >= 4 is 22.8 Å². The van der Waals surface area contributed by atoms with Crippen LogP contribution in [-0.4, -0.2) is 31.2 Å². The number of rotatable bonds is 2. The van der Waals surface area contributed by atoms with Crippen LogP contribution in [0.1, 0.15) is 0 Å². The molecule has 0 aromatic carbocycles. The van der Waals surface area contributed by atoms with Crippen LogP contribution in [0.2, 0.25) is 0 Å². The number of hydrogen-bond acceptors (Lipinski definition) is 5. The molecule has 0 saturated carbocycles. The van der Waals surface area contributed by atoms with Gasteiger partial charge in [0.05, 0.1) is 6.20 Å². The molecule has 0 spiro atoms. The van der Waals surface area contributed by atoms with Crippen molar-refractivity contribution in [3.8, 4) is 11.4 Å². The van der Waals surface area contributed by atoms with Crippen molar-refractivity contribution < 1.29 is 4.39 Å². The van der Waals surface area contributed by atoms with Gasteiger partial charge in [0.15, 0.2) is 11.6 Å². The normalized spacial score (nSPS) is 11.0. The van der Waals surface area contributed by atoms with E-state index in [9.17, 15) is 4.39 Å². The summed E-state index contributed by atoms with van der Waals surface area (Å²) in [6.45, 7) is 0. The van der Waals surface area contributed by atoms with E-state index in [1.165, 1.54) is 24.3 Å². The lowest BCUT2D eigenvalue weighted by atomic mass is 10.2. The minimum atomic E-state index is -0.414. The molecule has 0 fully saturated rings. The van der Waals surface area contributed by atoms with Crippen LogP contribution in [0.25, 0.3) is 22.4 Å². The largest absolute Gasteiger partial charge is 0.345 e. The monoisotopic (exact) mass is 261 g/mol. The van der Waals surface area contributed by atoms with Gasteiger partial charge in [-0.2, -0.15) is 0 Å². The zero-order valence-electron chi connectivity index (χ0n) is 9.38. The molecule has 7 heteroatoms. The van der Waals surface area contributed by atoms with Gasteiger partial charge in [-0.25, -0.2) is 24.3 Å². The zero-order chi connectivity index (χ0) is 12.5. The van der Waals surface area contributed by atoms with Gasteiger partial charge in [-0.15, -0.1) is 11.8 Å². The quantitative estimate of drug-likeness (QED) is 0.566. The molecule has 3 aromatic heterocycles. The van der Waals surface area contributed by atoms with Crippen molar-refractivity contribution in [2.45, 2.75) is 5.03 Å². The Labute approximate surface area is 106 Å². The average molecular weight is 261 g/mol. The molecule has 0 aliphatic rings. The number of nitrogens with zero attached hydrogens (tertiary/aromatic N) is 4. The predicted molar refractivity (Wildman–Crippen MR) is 66.7 cm³/mol. The van der Waals surface area contributed by atoms with Crippen molar-refractivity contribution in [2.24, 2.45) is 0 Å². The molecule has 3 rings (SSSR count). The van der Waals surface area contributed by atoms with E-state index in [0.717, 1.165) is 10.9 Å². The highest BCUT2D eigenvalue weighted by Gasteiger charge is 2.12. The fourth-order valence-electron chi connectivity index (χ4n) is 1.67. The SMILES string of the molecule is CSc1nc(-c2c[nH]c3ncncc23)ncc1F. The van der Waals surface area contributed by atoms with Crippen molar-refractivity contribution in [1.82, 2.24) is 24.9 Å². The Bertz CT molecular complexity index is 711. The summed E-state index contributed by atoms with van der Waals surface area (Å²) < 4.78 is 13.3. The van der Waals surface area contributed by atoms with Gasteiger partial charge in [0.1, 0.15) is 17.0 Å². The zero-order valence-corrected chi connectivity index (χ0v) is 10.2. The summed E-state index contributed by atoms with van der Waals surface area (Å²) in [6.07, 6.45) is 7.84. The molecule has 3 heterocycles. The fraction of sp³-hybridized carbons (Fsp3) is 0.0909. The summed E-state index contributed by atoms with van der Waals surface area (Å²) in [5, 5.41) is 1.14. The van der Waals surface area contributed by atoms with Crippen LogP contribution in [0.5, 0.6) is 0 Å². The Morgan fingerprint density at radius 2 is 2.17 bits per heavy atom. The van der Waals surface area contributed by atoms with E-state index in [1.807, 2.05) is 0 Å². The van der Waals surface area contributed by atoms with Crippen LogP contribution < -0.4 is 0 Å². The van der Waals surface area contributed by atoms with E-state index < -0.39 is 5.82 Å². The van der Waals surface area contributed by atoms with E-state index in [1.54, 1.807) is 18.6 Å². The molecule has 0 amide bonds. The first-order valence-electron chi connectivity index (χ1n) is 5.13. The lowest BCUT2D eigenvalue weighted by Gasteiger charge is -2.01. The highest BCUT2D eigenvalue weighted by atomic mass is 32.2. The third-order valence-corrected chi connectivity index (χ3v) is 3.17. The minimum absolute atomic E-state index is 0.325. The maximum Gasteiger partial charge on any atom is 0.173 e. The summed E-state index contributed by atoms with van der Waals surface area (Å²) in [6, 6.07) is 0. The van der Waals surface area contributed by atoms with Gasteiger partial charge in [-0.1, -0.05) is 0 Å². The second kappa shape index (κ2) is 4.34.